The number of nitrogens with two attached hydrogens (primary N) is 1. The van der Waals surface area contributed by atoms with Crippen LogP contribution in [0.3, 0.4) is 0 Å². The molecular weight excluding hydrogens is 256 g/mol. The van der Waals surface area contributed by atoms with Crippen LogP contribution in [0.15, 0.2) is 12.3 Å². The van der Waals surface area contributed by atoms with Gasteiger partial charge in [-0.1, -0.05) is 11.6 Å². The summed E-state index contributed by atoms with van der Waals surface area (Å²) in [6.45, 7) is 2.31. The second kappa shape index (κ2) is 5.49. The lowest BCUT2D eigenvalue weighted by molar-refractivity contribution is -0.385. The fraction of sp³-hybridized carbons (Fsp3) is 0.545. The third kappa shape index (κ3) is 2.70. The van der Waals surface area contributed by atoms with Gasteiger partial charge >= 0.3 is 0 Å². The molecule has 1 saturated heterocycles. The standard InChI is InChI=1S/C11H15ClN4O2/c12-10-4-9(16(17)18)6-14-11(10)15-3-1-2-8(5-13)7-15/h4,6,8H,1-3,5,7,13H2. The fourth-order valence-corrected chi connectivity index (χ4v) is 2.48. The molecule has 7 heteroatoms. The van der Waals surface area contributed by atoms with Crippen molar-refractivity contribution >= 4 is 23.1 Å². The summed E-state index contributed by atoms with van der Waals surface area (Å²) in [6.07, 6.45) is 3.39. The van der Waals surface area contributed by atoms with Gasteiger partial charge in [-0.15, -0.1) is 0 Å². The van der Waals surface area contributed by atoms with Crippen molar-refractivity contribution in [2.24, 2.45) is 11.7 Å². The lowest BCUT2D eigenvalue weighted by Gasteiger charge is -2.33. The van der Waals surface area contributed by atoms with E-state index in [0.717, 1.165) is 25.9 Å². The van der Waals surface area contributed by atoms with E-state index in [1.807, 2.05) is 4.90 Å². The van der Waals surface area contributed by atoms with E-state index in [-0.39, 0.29) is 5.69 Å². The first-order chi connectivity index (χ1) is 8.61. The monoisotopic (exact) mass is 270 g/mol. The van der Waals surface area contributed by atoms with Crippen molar-refractivity contribution in [2.75, 3.05) is 24.5 Å². The van der Waals surface area contributed by atoms with Gasteiger partial charge in [0.1, 0.15) is 12.0 Å². The molecule has 0 aromatic carbocycles. The molecule has 2 rings (SSSR count). The maximum atomic E-state index is 10.6. The number of hydrogen-bond donors (Lipinski definition) is 1. The SMILES string of the molecule is NCC1CCCN(c2ncc([N+](=O)[O-])cc2Cl)C1. The second-order valence-corrected chi connectivity index (χ2v) is 4.85. The van der Waals surface area contributed by atoms with Crippen molar-refractivity contribution < 1.29 is 4.92 Å². The third-order valence-electron chi connectivity index (χ3n) is 3.17. The molecule has 1 fully saturated rings. The Balaban J connectivity index is 2.20. The van der Waals surface area contributed by atoms with Crippen LogP contribution in [0.4, 0.5) is 11.5 Å². The molecule has 0 aliphatic carbocycles. The highest BCUT2D eigenvalue weighted by Gasteiger charge is 2.22. The first kappa shape index (κ1) is 13.0. The summed E-state index contributed by atoms with van der Waals surface area (Å²) in [5.74, 6) is 1.05. The predicted octanol–water partition coefficient (Wildman–Crippen LogP) is 1.82. The Hall–Kier alpha value is -1.40. The molecular formula is C11H15ClN4O2. The summed E-state index contributed by atoms with van der Waals surface area (Å²) in [7, 11) is 0. The summed E-state index contributed by atoms with van der Waals surface area (Å²) in [4.78, 5) is 16.3. The average Bonchev–Trinajstić information content (AvgIpc) is 2.38. The largest absolute Gasteiger partial charge is 0.355 e. The van der Waals surface area contributed by atoms with Crippen LogP contribution in [-0.2, 0) is 0 Å². The normalized spacial score (nSPS) is 19.9. The van der Waals surface area contributed by atoms with Crippen LogP contribution in [-0.4, -0.2) is 29.5 Å². The molecule has 0 radical (unpaired) electrons. The highest BCUT2D eigenvalue weighted by atomic mass is 35.5. The molecule has 98 valence electrons. The van der Waals surface area contributed by atoms with E-state index < -0.39 is 4.92 Å². The number of rotatable bonds is 3. The molecule has 1 aromatic rings. The summed E-state index contributed by atoms with van der Waals surface area (Å²) in [5.41, 5.74) is 5.59. The van der Waals surface area contributed by atoms with Crippen LogP contribution < -0.4 is 10.6 Å². The van der Waals surface area contributed by atoms with E-state index in [4.69, 9.17) is 17.3 Å². The number of anilines is 1. The van der Waals surface area contributed by atoms with Crippen molar-refractivity contribution in [3.8, 4) is 0 Å². The van der Waals surface area contributed by atoms with Gasteiger partial charge in [-0.2, -0.15) is 0 Å². The Bertz CT molecular complexity index is 455. The zero-order chi connectivity index (χ0) is 13.1. The predicted molar refractivity (Wildman–Crippen MR) is 69.9 cm³/mol. The molecule has 18 heavy (non-hydrogen) atoms. The molecule has 0 bridgehead atoms. The van der Waals surface area contributed by atoms with Crippen LogP contribution in [0.5, 0.6) is 0 Å². The van der Waals surface area contributed by atoms with E-state index >= 15 is 0 Å². The zero-order valence-corrected chi connectivity index (χ0v) is 10.6. The molecule has 1 aliphatic rings. The quantitative estimate of drug-likeness (QED) is 0.669. The molecule has 1 aliphatic heterocycles. The van der Waals surface area contributed by atoms with Gasteiger partial charge in [0.15, 0.2) is 0 Å². The Labute approximate surface area is 110 Å². The van der Waals surface area contributed by atoms with Crippen LogP contribution in [0.25, 0.3) is 0 Å². The first-order valence-corrected chi connectivity index (χ1v) is 6.24. The Kier molecular flexibility index (Phi) is 3.98. The number of nitrogens with zero attached hydrogens (tertiary/aromatic N) is 3. The number of halogens is 1. The highest BCUT2D eigenvalue weighted by molar-refractivity contribution is 6.33. The van der Waals surface area contributed by atoms with Gasteiger partial charge in [-0.3, -0.25) is 10.1 Å². The third-order valence-corrected chi connectivity index (χ3v) is 3.45. The highest BCUT2D eigenvalue weighted by Crippen LogP contribution is 2.29. The van der Waals surface area contributed by atoms with E-state index in [0.29, 0.717) is 23.3 Å². The number of piperidine rings is 1. The Morgan fingerprint density at radius 3 is 3.06 bits per heavy atom. The molecule has 0 amide bonds. The van der Waals surface area contributed by atoms with E-state index in [9.17, 15) is 10.1 Å². The molecule has 2 heterocycles. The molecule has 1 atom stereocenters. The number of pyridine rings is 1. The van der Waals surface area contributed by atoms with Gasteiger partial charge < -0.3 is 10.6 Å². The fourth-order valence-electron chi connectivity index (χ4n) is 2.20. The number of hydrogen-bond acceptors (Lipinski definition) is 5. The molecule has 0 spiro atoms. The maximum Gasteiger partial charge on any atom is 0.289 e. The van der Waals surface area contributed by atoms with Gasteiger partial charge in [0.2, 0.25) is 0 Å². The second-order valence-electron chi connectivity index (χ2n) is 4.45. The van der Waals surface area contributed by atoms with Crippen LogP contribution >= 0.6 is 11.6 Å². The van der Waals surface area contributed by atoms with Gasteiger partial charge in [0.05, 0.1) is 9.95 Å². The van der Waals surface area contributed by atoms with Gasteiger partial charge in [0.25, 0.3) is 5.69 Å². The Morgan fingerprint density at radius 1 is 1.67 bits per heavy atom. The van der Waals surface area contributed by atoms with Crippen molar-refractivity contribution in [1.29, 1.82) is 0 Å². The maximum absolute atomic E-state index is 10.6. The summed E-state index contributed by atoms with van der Waals surface area (Å²) in [6, 6.07) is 1.34. The average molecular weight is 271 g/mol. The number of nitro groups is 1. The van der Waals surface area contributed by atoms with E-state index in [2.05, 4.69) is 4.98 Å². The molecule has 1 unspecified atom stereocenters. The summed E-state index contributed by atoms with van der Waals surface area (Å²) >= 11 is 6.06. The van der Waals surface area contributed by atoms with Crippen LogP contribution in [0.2, 0.25) is 5.02 Å². The summed E-state index contributed by atoms with van der Waals surface area (Å²) in [5, 5.41) is 10.9. The molecule has 2 N–H and O–H groups in total. The van der Waals surface area contributed by atoms with E-state index in [1.54, 1.807) is 0 Å². The zero-order valence-electron chi connectivity index (χ0n) is 9.88. The minimum absolute atomic E-state index is 0.0869. The van der Waals surface area contributed by atoms with Gasteiger partial charge in [-0.05, 0) is 25.3 Å². The minimum Gasteiger partial charge on any atom is -0.355 e. The minimum atomic E-state index is -0.498. The van der Waals surface area contributed by atoms with Crippen molar-refractivity contribution in [2.45, 2.75) is 12.8 Å². The lowest BCUT2D eigenvalue weighted by Crippen LogP contribution is -2.38. The van der Waals surface area contributed by atoms with Gasteiger partial charge in [-0.25, -0.2) is 4.98 Å². The molecule has 1 aromatic heterocycles. The first-order valence-electron chi connectivity index (χ1n) is 5.86. The lowest BCUT2D eigenvalue weighted by atomic mass is 9.98. The Morgan fingerprint density at radius 2 is 2.44 bits per heavy atom. The molecule has 0 saturated carbocycles. The topological polar surface area (TPSA) is 85.3 Å². The smallest absolute Gasteiger partial charge is 0.289 e. The van der Waals surface area contributed by atoms with Crippen LogP contribution in [0, 0.1) is 16.0 Å². The van der Waals surface area contributed by atoms with Crippen molar-refractivity contribution in [3.63, 3.8) is 0 Å². The van der Waals surface area contributed by atoms with E-state index in [1.165, 1.54) is 12.3 Å². The van der Waals surface area contributed by atoms with Crippen molar-refractivity contribution in [3.05, 3.63) is 27.4 Å². The van der Waals surface area contributed by atoms with Crippen molar-refractivity contribution in [1.82, 2.24) is 4.98 Å². The van der Waals surface area contributed by atoms with Gasteiger partial charge in [0, 0.05) is 19.2 Å². The van der Waals surface area contributed by atoms with Crippen LogP contribution in [0.1, 0.15) is 12.8 Å². The number of aromatic nitrogens is 1. The summed E-state index contributed by atoms with van der Waals surface area (Å²) < 4.78 is 0. The molecule has 6 nitrogen and oxygen atoms in total.